The summed E-state index contributed by atoms with van der Waals surface area (Å²) in [5.74, 6) is 1.43. The molecule has 0 aliphatic carbocycles. The number of fused-ring (bicyclic) bond motifs is 1. The number of aromatic nitrogens is 3. The highest BCUT2D eigenvalue weighted by atomic mass is 35.5. The average molecular weight is 412 g/mol. The molecule has 27 heavy (non-hydrogen) atoms. The number of amides is 1. The largest absolute Gasteiger partial charge is 0.352 e. The Morgan fingerprint density at radius 1 is 1.26 bits per heavy atom. The zero-order chi connectivity index (χ0) is 19.4. The van der Waals surface area contributed by atoms with Crippen LogP contribution >= 0.6 is 11.6 Å². The van der Waals surface area contributed by atoms with Crippen LogP contribution in [0.15, 0.2) is 23.1 Å². The molecule has 1 aliphatic heterocycles. The SMILES string of the molecule is CNS(=O)(=O)c1ccc(Cl)c(C(=O)NCCc2nnc3n2CCCCC3)c1. The van der Waals surface area contributed by atoms with E-state index in [9.17, 15) is 13.2 Å². The van der Waals surface area contributed by atoms with Crippen LogP contribution in [-0.4, -0.2) is 42.7 Å². The van der Waals surface area contributed by atoms with E-state index in [2.05, 4.69) is 24.8 Å². The van der Waals surface area contributed by atoms with E-state index >= 15 is 0 Å². The lowest BCUT2D eigenvalue weighted by atomic mass is 10.2. The van der Waals surface area contributed by atoms with Crippen LogP contribution in [0.25, 0.3) is 0 Å². The van der Waals surface area contributed by atoms with Gasteiger partial charge in [0.1, 0.15) is 11.6 Å². The number of hydrogen-bond donors (Lipinski definition) is 2. The van der Waals surface area contributed by atoms with Gasteiger partial charge in [0.15, 0.2) is 0 Å². The minimum atomic E-state index is -3.65. The number of sulfonamides is 1. The summed E-state index contributed by atoms with van der Waals surface area (Å²) >= 11 is 6.07. The predicted octanol–water partition coefficient (Wildman–Crippen LogP) is 1.54. The Kier molecular flexibility index (Phi) is 6.13. The van der Waals surface area contributed by atoms with Crippen molar-refractivity contribution in [3.05, 3.63) is 40.4 Å². The van der Waals surface area contributed by atoms with E-state index in [0.717, 1.165) is 37.5 Å². The van der Waals surface area contributed by atoms with Crippen molar-refractivity contribution in [1.29, 1.82) is 0 Å². The van der Waals surface area contributed by atoms with Crippen molar-refractivity contribution in [2.75, 3.05) is 13.6 Å². The zero-order valence-electron chi connectivity index (χ0n) is 15.0. The van der Waals surface area contributed by atoms with Crippen molar-refractivity contribution < 1.29 is 13.2 Å². The van der Waals surface area contributed by atoms with E-state index in [1.165, 1.54) is 31.7 Å². The normalized spacial score (nSPS) is 14.4. The minimum Gasteiger partial charge on any atom is -0.352 e. The lowest BCUT2D eigenvalue weighted by Gasteiger charge is -2.10. The van der Waals surface area contributed by atoms with E-state index in [0.29, 0.717) is 13.0 Å². The van der Waals surface area contributed by atoms with Gasteiger partial charge in [0.25, 0.3) is 5.91 Å². The fraction of sp³-hybridized carbons (Fsp3) is 0.471. The molecule has 1 aliphatic rings. The molecule has 2 N–H and O–H groups in total. The first-order valence-electron chi connectivity index (χ1n) is 8.84. The Morgan fingerprint density at radius 3 is 2.85 bits per heavy atom. The summed E-state index contributed by atoms with van der Waals surface area (Å²) < 4.78 is 28.2. The van der Waals surface area contributed by atoms with E-state index in [-0.39, 0.29) is 15.5 Å². The summed E-state index contributed by atoms with van der Waals surface area (Å²) in [6, 6.07) is 4.03. The molecule has 0 saturated heterocycles. The van der Waals surface area contributed by atoms with E-state index in [1.807, 2.05) is 0 Å². The first-order chi connectivity index (χ1) is 12.9. The summed E-state index contributed by atoms with van der Waals surface area (Å²) in [5, 5.41) is 11.4. The van der Waals surface area contributed by atoms with E-state index in [4.69, 9.17) is 11.6 Å². The van der Waals surface area contributed by atoms with Crippen molar-refractivity contribution >= 4 is 27.5 Å². The van der Waals surface area contributed by atoms with Gasteiger partial charge in [-0.1, -0.05) is 18.0 Å². The van der Waals surface area contributed by atoms with E-state index in [1.54, 1.807) is 0 Å². The number of nitrogens with zero attached hydrogens (tertiary/aromatic N) is 3. The highest BCUT2D eigenvalue weighted by Gasteiger charge is 2.18. The number of rotatable bonds is 6. The maximum Gasteiger partial charge on any atom is 0.252 e. The van der Waals surface area contributed by atoms with Crippen LogP contribution in [0.5, 0.6) is 0 Å². The highest BCUT2D eigenvalue weighted by molar-refractivity contribution is 7.89. The molecule has 1 aromatic carbocycles. The second-order valence-electron chi connectivity index (χ2n) is 6.35. The fourth-order valence-corrected chi connectivity index (χ4v) is 4.04. The number of benzene rings is 1. The molecule has 0 saturated carbocycles. The molecule has 1 amide bonds. The zero-order valence-corrected chi connectivity index (χ0v) is 16.6. The van der Waals surface area contributed by atoms with Crippen LogP contribution in [0, 0.1) is 0 Å². The van der Waals surface area contributed by atoms with E-state index < -0.39 is 15.9 Å². The summed E-state index contributed by atoms with van der Waals surface area (Å²) in [6.07, 6.45) is 4.89. The molecule has 0 radical (unpaired) electrons. The fourth-order valence-electron chi connectivity index (χ4n) is 3.08. The van der Waals surface area contributed by atoms with Crippen LogP contribution < -0.4 is 10.0 Å². The van der Waals surface area contributed by atoms with Gasteiger partial charge in [-0.25, -0.2) is 13.1 Å². The van der Waals surface area contributed by atoms with Gasteiger partial charge in [-0.15, -0.1) is 10.2 Å². The maximum absolute atomic E-state index is 12.5. The van der Waals surface area contributed by atoms with Gasteiger partial charge < -0.3 is 9.88 Å². The van der Waals surface area contributed by atoms with Gasteiger partial charge in [-0.3, -0.25) is 4.79 Å². The number of aryl methyl sites for hydroxylation is 1. The summed E-state index contributed by atoms with van der Waals surface area (Å²) in [6.45, 7) is 1.26. The maximum atomic E-state index is 12.5. The summed E-state index contributed by atoms with van der Waals surface area (Å²) in [7, 11) is -2.34. The summed E-state index contributed by atoms with van der Waals surface area (Å²) in [4.78, 5) is 12.4. The number of hydrogen-bond acceptors (Lipinski definition) is 5. The smallest absolute Gasteiger partial charge is 0.252 e. The topological polar surface area (TPSA) is 106 Å². The van der Waals surface area contributed by atoms with Gasteiger partial charge in [-0.05, 0) is 38.1 Å². The van der Waals surface area contributed by atoms with Crippen molar-refractivity contribution in [2.45, 2.75) is 43.5 Å². The summed E-state index contributed by atoms with van der Waals surface area (Å²) in [5.41, 5.74) is 0.119. The lowest BCUT2D eigenvalue weighted by Crippen LogP contribution is -2.27. The van der Waals surface area contributed by atoms with Gasteiger partial charge in [0, 0.05) is 25.9 Å². The predicted molar refractivity (Wildman–Crippen MR) is 101 cm³/mol. The molecule has 0 unspecified atom stereocenters. The lowest BCUT2D eigenvalue weighted by molar-refractivity contribution is 0.0954. The minimum absolute atomic E-state index is 0.0117. The molecule has 0 atom stereocenters. The van der Waals surface area contributed by atoms with Crippen LogP contribution in [0.4, 0.5) is 0 Å². The van der Waals surface area contributed by atoms with Gasteiger partial charge in [0.2, 0.25) is 10.0 Å². The van der Waals surface area contributed by atoms with Crippen molar-refractivity contribution in [2.24, 2.45) is 0 Å². The third-order valence-electron chi connectivity index (χ3n) is 4.58. The van der Waals surface area contributed by atoms with Crippen molar-refractivity contribution in [1.82, 2.24) is 24.8 Å². The Hall–Kier alpha value is -1.97. The molecular formula is C17H22ClN5O3S. The Bertz CT molecular complexity index is 942. The number of carbonyl (C=O) groups excluding carboxylic acids is 1. The molecule has 8 nitrogen and oxygen atoms in total. The molecule has 2 heterocycles. The standard InChI is InChI=1S/C17H22ClN5O3S/c1-19-27(25,26)12-6-7-14(18)13(11-12)17(24)20-9-8-16-22-21-15-5-3-2-4-10-23(15)16/h6-7,11,19H,2-5,8-10H2,1H3,(H,20,24). The Labute approximate surface area is 163 Å². The van der Waals surface area contributed by atoms with Gasteiger partial charge >= 0.3 is 0 Å². The second-order valence-corrected chi connectivity index (χ2v) is 8.64. The molecular weight excluding hydrogens is 390 g/mol. The molecule has 10 heteroatoms. The number of nitrogens with one attached hydrogen (secondary N) is 2. The molecule has 2 aromatic rings. The quantitative estimate of drug-likeness (QED) is 0.749. The second kappa shape index (κ2) is 8.37. The van der Waals surface area contributed by atoms with Gasteiger partial charge in [0.05, 0.1) is 15.5 Å². The third kappa shape index (κ3) is 4.48. The van der Waals surface area contributed by atoms with Crippen LogP contribution in [-0.2, 0) is 29.4 Å². The number of carbonyl (C=O) groups is 1. The van der Waals surface area contributed by atoms with Gasteiger partial charge in [-0.2, -0.15) is 0 Å². The molecule has 146 valence electrons. The molecule has 0 fully saturated rings. The first kappa shape index (κ1) is 19.8. The van der Waals surface area contributed by atoms with Crippen LogP contribution in [0.1, 0.15) is 41.3 Å². The van der Waals surface area contributed by atoms with Crippen LogP contribution in [0.3, 0.4) is 0 Å². The average Bonchev–Trinajstić information content (AvgIpc) is 2.88. The van der Waals surface area contributed by atoms with Crippen LogP contribution in [0.2, 0.25) is 5.02 Å². The number of halogens is 1. The molecule has 3 rings (SSSR count). The van der Waals surface area contributed by atoms with Crippen molar-refractivity contribution in [3.8, 4) is 0 Å². The molecule has 0 bridgehead atoms. The first-order valence-corrected chi connectivity index (χ1v) is 10.7. The highest BCUT2D eigenvalue weighted by Crippen LogP contribution is 2.20. The Balaban J connectivity index is 1.67. The third-order valence-corrected chi connectivity index (χ3v) is 6.32. The molecule has 0 spiro atoms. The Morgan fingerprint density at radius 2 is 2.07 bits per heavy atom. The van der Waals surface area contributed by atoms with Crippen molar-refractivity contribution in [3.63, 3.8) is 0 Å². The monoisotopic (exact) mass is 411 g/mol. The molecule has 1 aromatic heterocycles.